The standard InChI is InChI=1S/C23H18BrN3O3S/c1-15-4-2-5-17(12-15)25-21(28)14-27-22(29)20(31-23(27)30)13-19-6-3-11-26(19)18-9-7-16(24)8-10-18/h2-13H,14H2,1H3,(H,25,28)/b20-13-. The summed E-state index contributed by atoms with van der Waals surface area (Å²) in [5, 5.41) is 2.26. The third-order valence-corrected chi connectivity index (χ3v) is 6.08. The average Bonchev–Trinajstić information content (AvgIpc) is 3.29. The number of nitrogens with one attached hydrogen (secondary N) is 1. The minimum Gasteiger partial charge on any atom is -0.325 e. The number of benzene rings is 2. The molecule has 6 nitrogen and oxygen atoms in total. The summed E-state index contributed by atoms with van der Waals surface area (Å²) in [4.78, 5) is 38.8. The van der Waals surface area contributed by atoms with Crippen LogP contribution in [0, 0.1) is 6.92 Å². The first kappa shape index (κ1) is 21.1. The van der Waals surface area contributed by atoms with Gasteiger partial charge in [-0.05, 0) is 78.9 Å². The summed E-state index contributed by atoms with van der Waals surface area (Å²) in [5.74, 6) is -0.898. The molecule has 1 saturated heterocycles. The van der Waals surface area contributed by atoms with Crippen molar-refractivity contribution in [2.75, 3.05) is 11.9 Å². The molecule has 1 fully saturated rings. The zero-order valence-corrected chi connectivity index (χ0v) is 18.9. The van der Waals surface area contributed by atoms with E-state index in [0.717, 1.165) is 38.1 Å². The predicted octanol–water partition coefficient (Wildman–Crippen LogP) is 5.22. The van der Waals surface area contributed by atoms with Crippen LogP contribution in [0.5, 0.6) is 0 Å². The van der Waals surface area contributed by atoms with E-state index in [1.165, 1.54) is 0 Å². The van der Waals surface area contributed by atoms with Gasteiger partial charge in [0, 0.05) is 27.7 Å². The van der Waals surface area contributed by atoms with Crippen molar-refractivity contribution in [3.05, 3.63) is 87.5 Å². The molecule has 3 aromatic rings. The van der Waals surface area contributed by atoms with Crippen molar-refractivity contribution in [1.29, 1.82) is 0 Å². The number of halogens is 1. The number of hydrogen-bond donors (Lipinski definition) is 1. The molecule has 0 aliphatic carbocycles. The second-order valence-corrected chi connectivity index (χ2v) is 8.87. The molecule has 0 atom stereocenters. The lowest BCUT2D eigenvalue weighted by molar-refractivity contribution is -0.127. The lowest BCUT2D eigenvalue weighted by atomic mass is 10.2. The van der Waals surface area contributed by atoms with Gasteiger partial charge in [0.1, 0.15) is 6.54 Å². The first-order chi connectivity index (χ1) is 14.9. The normalized spacial score (nSPS) is 15.0. The highest BCUT2D eigenvalue weighted by atomic mass is 79.9. The van der Waals surface area contributed by atoms with Gasteiger partial charge in [-0.25, -0.2) is 0 Å². The molecule has 0 saturated carbocycles. The Kier molecular flexibility index (Phi) is 6.11. The van der Waals surface area contributed by atoms with Gasteiger partial charge >= 0.3 is 0 Å². The molecule has 1 aromatic heterocycles. The summed E-state index contributed by atoms with van der Waals surface area (Å²) in [6.45, 7) is 1.59. The highest BCUT2D eigenvalue weighted by Gasteiger charge is 2.36. The predicted molar refractivity (Wildman–Crippen MR) is 126 cm³/mol. The van der Waals surface area contributed by atoms with Crippen LogP contribution in [0.2, 0.25) is 0 Å². The number of thioether (sulfide) groups is 1. The van der Waals surface area contributed by atoms with Gasteiger partial charge in [0.25, 0.3) is 11.1 Å². The Morgan fingerprint density at radius 2 is 1.87 bits per heavy atom. The molecule has 3 amide bonds. The third kappa shape index (κ3) is 4.81. The molecule has 0 unspecified atom stereocenters. The van der Waals surface area contributed by atoms with Gasteiger partial charge in [-0.3, -0.25) is 19.3 Å². The van der Waals surface area contributed by atoms with E-state index < -0.39 is 17.1 Å². The zero-order chi connectivity index (χ0) is 22.0. The van der Waals surface area contributed by atoms with Crippen molar-refractivity contribution >= 4 is 56.5 Å². The molecule has 0 spiro atoms. The van der Waals surface area contributed by atoms with Crippen LogP contribution in [-0.4, -0.2) is 33.1 Å². The molecule has 2 heterocycles. The molecular formula is C23H18BrN3O3S. The Bertz CT molecular complexity index is 1200. The van der Waals surface area contributed by atoms with Crippen LogP contribution in [0.3, 0.4) is 0 Å². The number of carbonyl (C=O) groups excluding carboxylic acids is 3. The van der Waals surface area contributed by atoms with Gasteiger partial charge < -0.3 is 9.88 Å². The molecule has 2 aromatic carbocycles. The van der Waals surface area contributed by atoms with E-state index in [4.69, 9.17) is 0 Å². The molecule has 1 N–H and O–H groups in total. The maximum absolute atomic E-state index is 12.8. The van der Waals surface area contributed by atoms with E-state index in [1.54, 1.807) is 12.1 Å². The quantitative estimate of drug-likeness (QED) is 0.492. The van der Waals surface area contributed by atoms with Gasteiger partial charge in [-0.15, -0.1) is 0 Å². The fourth-order valence-corrected chi connectivity index (χ4v) is 4.27. The molecule has 8 heteroatoms. The summed E-state index contributed by atoms with van der Waals surface area (Å²) in [7, 11) is 0. The monoisotopic (exact) mass is 495 g/mol. The second kappa shape index (κ2) is 8.95. The van der Waals surface area contributed by atoms with E-state index in [-0.39, 0.29) is 11.4 Å². The van der Waals surface area contributed by atoms with Gasteiger partial charge in [-0.1, -0.05) is 28.1 Å². The molecule has 1 aliphatic heterocycles. The highest BCUT2D eigenvalue weighted by Crippen LogP contribution is 2.32. The van der Waals surface area contributed by atoms with Crippen LogP contribution in [0.1, 0.15) is 11.3 Å². The third-order valence-electron chi connectivity index (χ3n) is 4.64. The molecule has 0 bridgehead atoms. The van der Waals surface area contributed by atoms with Crippen molar-refractivity contribution in [2.45, 2.75) is 6.92 Å². The summed E-state index contributed by atoms with van der Waals surface area (Å²) in [6.07, 6.45) is 3.56. The Balaban J connectivity index is 1.50. The average molecular weight is 496 g/mol. The minimum atomic E-state index is -0.474. The Morgan fingerprint density at radius 3 is 2.61 bits per heavy atom. The number of anilines is 1. The molecular weight excluding hydrogens is 478 g/mol. The van der Waals surface area contributed by atoms with Crippen LogP contribution in [0.25, 0.3) is 11.8 Å². The highest BCUT2D eigenvalue weighted by molar-refractivity contribution is 9.10. The molecule has 1 aliphatic rings. The van der Waals surface area contributed by atoms with Crippen LogP contribution in [-0.2, 0) is 9.59 Å². The maximum Gasteiger partial charge on any atom is 0.294 e. The van der Waals surface area contributed by atoms with Crippen molar-refractivity contribution < 1.29 is 14.4 Å². The minimum absolute atomic E-state index is 0.283. The molecule has 156 valence electrons. The summed E-state index contributed by atoms with van der Waals surface area (Å²) in [5.41, 5.74) is 3.31. The number of rotatable bonds is 5. The van der Waals surface area contributed by atoms with Crippen LogP contribution in [0.15, 0.2) is 76.2 Å². The number of aryl methyl sites for hydroxylation is 1. The largest absolute Gasteiger partial charge is 0.325 e. The Morgan fingerprint density at radius 1 is 1.10 bits per heavy atom. The fraction of sp³-hybridized carbons (Fsp3) is 0.0870. The summed E-state index contributed by atoms with van der Waals surface area (Å²) >= 11 is 4.25. The van der Waals surface area contributed by atoms with Crippen LogP contribution >= 0.6 is 27.7 Å². The number of hydrogen-bond acceptors (Lipinski definition) is 4. The molecule has 31 heavy (non-hydrogen) atoms. The van der Waals surface area contributed by atoms with E-state index in [1.807, 2.05) is 72.3 Å². The van der Waals surface area contributed by atoms with E-state index in [0.29, 0.717) is 5.69 Å². The van der Waals surface area contributed by atoms with Crippen molar-refractivity contribution in [3.8, 4) is 5.69 Å². The number of imide groups is 1. The van der Waals surface area contributed by atoms with Gasteiger partial charge in [0.2, 0.25) is 5.91 Å². The fourth-order valence-electron chi connectivity index (χ4n) is 3.19. The maximum atomic E-state index is 12.8. The number of carbonyl (C=O) groups is 3. The lowest BCUT2D eigenvalue weighted by Crippen LogP contribution is -2.36. The summed E-state index contributed by atoms with van der Waals surface area (Å²) < 4.78 is 2.89. The first-order valence-corrected chi connectivity index (χ1v) is 11.1. The molecule has 0 radical (unpaired) electrons. The molecule has 4 rings (SSSR count). The SMILES string of the molecule is Cc1cccc(NC(=O)CN2C(=O)S/C(=C\c3cccn3-c3ccc(Br)cc3)C2=O)c1. The Labute approximate surface area is 192 Å². The first-order valence-electron chi connectivity index (χ1n) is 9.46. The topological polar surface area (TPSA) is 71.4 Å². The summed E-state index contributed by atoms with van der Waals surface area (Å²) in [6, 6.07) is 18.8. The van der Waals surface area contributed by atoms with E-state index in [9.17, 15) is 14.4 Å². The number of amides is 3. The zero-order valence-electron chi connectivity index (χ0n) is 16.5. The van der Waals surface area contributed by atoms with Crippen molar-refractivity contribution in [1.82, 2.24) is 9.47 Å². The van der Waals surface area contributed by atoms with Crippen LogP contribution in [0.4, 0.5) is 10.5 Å². The number of nitrogens with zero attached hydrogens (tertiary/aromatic N) is 2. The van der Waals surface area contributed by atoms with E-state index in [2.05, 4.69) is 21.2 Å². The lowest BCUT2D eigenvalue weighted by Gasteiger charge is -2.12. The van der Waals surface area contributed by atoms with E-state index >= 15 is 0 Å². The smallest absolute Gasteiger partial charge is 0.294 e. The second-order valence-electron chi connectivity index (χ2n) is 6.96. The van der Waals surface area contributed by atoms with Crippen molar-refractivity contribution in [2.24, 2.45) is 0 Å². The van der Waals surface area contributed by atoms with Gasteiger partial charge in [0.15, 0.2) is 0 Å². The van der Waals surface area contributed by atoms with Gasteiger partial charge in [0.05, 0.1) is 4.91 Å². The van der Waals surface area contributed by atoms with Crippen molar-refractivity contribution in [3.63, 3.8) is 0 Å². The van der Waals surface area contributed by atoms with Crippen LogP contribution < -0.4 is 5.32 Å². The Hall–Kier alpha value is -3.10. The number of aromatic nitrogens is 1. The van der Waals surface area contributed by atoms with Gasteiger partial charge in [-0.2, -0.15) is 0 Å².